The number of carbonyl (C=O) groups excluding carboxylic acids is 1. The van der Waals surface area contributed by atoms with Gasteiger partial charge >= 0.3 is 0 Å². The minimum atomic E-state index is 0.260. The van der Waals surface area contributed by atoms with E-state index >= 15 is 0 Å². The van der Waals surface area contributed by atoms with Crippen molar-refractivity contribution in [3.05, 3.63) is 65.2 Å². The Kier molecular flexibility index (Phi) is 3.08. The Bertz CT molecular complexity index is 601. The van der Waals surface area contributed by atoms with Gasteiger partial charge in [-0.15, -0.1) is 0 Å². The molecule has 2 heteroatoms. The van der Waals surface area contributed by atoms with Crippen molar-refractivity contribution in [2.45, 2.75) is 19.9 Å². The third kappa shape index (κ3) is 2.39. The molecule has 2 aromatic carbocycles. The molecule has 0 unspecified atom stereocenters. The number of hydrogen-bond donors (Lipinski definition) is 0. The number of fused-ring (bicyclic) bond motifs is 1. The van der Waals surface area contributed by atoms with Crippen LogP contribution < -0.4 is 4.90 Å². The number of para-hydroxylation sites is 1. The third-order valence-corrected chi connectivity index (χ3v) is 3.65. The average Bonchev–Trinajstić information content (AvgIpc) is 2.45. The predicted molar refractivity (Wildman–Crippen MR) is 77.6 cm³/mol. The van der Waals surface area contributed by atoms with Gasteiger partial charge in [0.1, 0.15) is 0 Å². The molecule has 0 saturated carbocycles. The number of ketones is 1. The summed E-state index contributed by atoms with van der Waals surface area (Å²) in [6.07, 6.45) is 0.614. The molecule has 0 spiro atoms. The predicted octanol–water partition coefficient (Wildman–Crippen LogP) is 3.59. The molecular weight excluding hydrogens is 234 g/mol. The van der Waals surface area contributed by atoms with Gasteiger partial charge < -0.3 is 4.90 Å². The van der Waals surface area contributed by atoms with Crippen molar-refractivity contribution in [3.8, 4) is 0 Å². The second-order valence-electron chi connectivity index (χ2n) is 5.10. The molecule has 1 heterocycles. The van der Waals surface area contributed by atoms with E-state index in [1.165, 1.54) is 11.1 Å². The topological polar surface area (TPSA) is 20.3 Å². The van der Waals surface area contributed by atoms with E-state index in [0.29, 0.717) is 6.42 Å². The maximum absolute atomic E-state index is 11.9. The smallest absolute Gasteiger partial charge is 0.166 e. The fourth-order valence-electron chi connectivity index (χ4n) is 2.55. The monoisotopic (exact) mass is 251 g/mol. The van der Waals surface area contributed by atoms with Crippen molar-refractivity contribution < 1.29 is 4.79 Å². The van der Waals surface area contributed by atoms with Gasteiger partial charge in [0.05, 0.1) is 0 Å². The molecule has 1 aliphatic rings. The van der Waals surface area contributed by atoms with Gasteiger partial charge in [-0.05, 0) is 24.6 Å². The Morgan fingerprint density at radius 1 is 1.05 bits per heavy atom. The lowest BCUT2D eigenvalue weighted by molar-refractivity contribution is 0.0979. The van der Waals surface area contributed by atoms with E-state index in [0.717, 1.165) is 24.3 Å². The number of carbonyl (C=O) groups is 1. The molecule has 3 rings (SSSR count). The van der Waals surface area contributed by atoms with Crippen molar-refractivity contribution in [2.24, 2.45) is 0 Å². The number of anilines is 1. The number of rotatable bonds is 2. The standard InChI is InChI=1S/C17H17NO/c1-13-6-8-14(9-7-13)12-18-11-10-17(19)15-4-2-3-5-16(15)18/h2-9H,10-12H2,1H3. The summed E-state index contributed by atoms with van der Waals surface area (Å²) in [6, 6.07) is 16.5. The summed E-state index contributed by atoms with van der Waals surface area (Å²) in [6.45, 7) is 3.77. The zero-order chi connectivity index (χ0) is 13.2. The van der Waals surface area contributed by atoms with Gasteiger partial charge in [-0.2, -0.15) is 0 Å². The van der Waals surface area contributed by atoms with E-state index in [9.17, 15) is 4.79 Å². The zero-order valence-corrected chi connectivity index (χ0v) is 11.1. The summed E-state index contributed by atoms with van der Waals surface area (Å²) < 4.78 is 0. The molecule has 0 saturated heterocycles. The minimum absolute atomic E-state index is 0.260. The van der Waals surface area contributed by atoms with Gasteiger partial charge in [0.2, 0.25) is 0 Å². The fourth-order valence-corrected chi connectivity index (χ4v) is 2.55. The maximum atomic E-state index is 11.9. The second-order valence-corrected chi connectivity index (χ2v) is 5.10. The molecular formula is C17H17NO. The maximum Gasteiger partial charge on any atom is 0.166 e. The first kappa shape index (κ1) is 12.0. The normalized spacial score (nSPS) is 14.4. The van der Waals surface area contributed by atoms with E-state index < -0.39 is 0 Å². The molecule has 0 fully saturated rings. The summed E-state index contributed by atoms with van der Waals surface area (Å²) in [7, 11) is 0. The molecule has 0 aromatic heterocycles. The first-order valence-electron chi connectivity index (χ1n) is 6.67. The lowest BCUT2D eigenvalue weighted by Gasteiger charge is -2.30. The van der Waals surface area contributed by atoms with Crippen LogP contribution in [0, 0.1) is 6.92 Å². The first-order valence-corrected chi connectivity index (χ1v) is 6.67. The Labute approximate surface area is 113 Å². The van der Waals surface area contributed by atoms with Crippen molar-refractivity contribution in [3.63, 3.8) is 0 Å². The van der Waals surface area contributed by atoms with Crippen LogP contribution in [-0.2, 0) is 6.54 Å². The summed E-state index contributed by atoms with van der Waals surface area (Å²) >= 11 is 0. The summed E-state index contributed by atoms with van der Waals surface area (Å²) in [5.74, 6) is 0.260. The van der Waals surface area contributed by atoms with Crippen LogP contribution in [0.5, 0.6) is 0 Å². The molecule has 2 nitrogen and oxygen atoms in total. The SMILES string of the molecule is Cc1ccc(CN2CCC(=O)c3ccccc32)cc1. The van der Waals surface area contributed by atoms with E-state index in [4.69, 9.17) is 0 Å². The molecule has 0 N–H and O–H groups in total. The van der Waals surface area contributed by atoms with Gasteiger partial charge in [0.15, 0.2) is 5.78 Å². The molecule has 0 atom stereocenters. The number of nitrogens with zero attached hydrogens (tertiary/aromatic N) is 1. The van der Waals surface area contributed by atoms with Crippen LogP contribution in [0.4, 0.5) is 5.69 Å². The second kappa shape index (κ2) is 4.88. The van der Waals surface area contributed by atoms with Gasteiger partial charge in [0.25, 0.3) is 0 Å². The number of Topliss-reactive ketones (excluding diaryl/α,β-unsaturated/α-hetero) is 1. The Morgan fingerprint density at radius 3 is 2.58 bits per heavy atom. The molecule has 0 bridgehead atoms. The van der Waals surface area contributed by atoms with E-state index in [1.807, 2.05) is 24.3 Å². The Hall–Kier alpha value is -2.09. The van der Waals surface area contributed by atoms with Crippen LogP contribution in [0.2, 0.25) is 0 Å². The van der Waals surface area contributed by atoms with Crippen LogP contribution in [0.15, 0.2) is 48.5 Å². The van der Waals surface area contributed by atoms with Crippen molar-refractivity contribution in [2.75, 3.05) is 11.4 Å². The lowest BCUT2D eigenvalue weighted by Crippen LogP contribution is -2.31. The van der Waals surface area contributed by atoms with Crippen LogP contribution in [0.25, 0.3) is 0 Å². The highest BCUT2D eigenvalue weighted by atomic mass is 16.1. The minimum Gasteiger partial charge on any atom is -0.366 e. The van der Waals surface area contributed by atoms with Gasteiger partial charge in [-0.3, -0.25) is 4.79 Å². The zero-order valence-electron chi connectivity index (χ0n) is 11.1. The summed E-state index contributed by atoms with van der Waals surface area (Å²) in [5, 5.41) is 0. The van der Waals surface area contributed by atoms with E-state index in [2.05, 4.69) is 36.1 Å². The highest BCUT2D eigenvalue weighted by Gasteiger charge is 2.22. The number of benzene rings is 2. The Morgan fingerprint density at radius 2 is 1.79 bits per heavy atom. The summed E-state index contributed by atoms with van der Waals surface area (Å²) in [5.41, 5.74) is 4.49. The molecule has 2 aromatic rings. The Balaban J connectivity index is 1.88. The van der Waals surface area contributed by atoms with E-state index in [-0.39, 0.29) is 5.78 Å². The van der Waals surface area contributed by atoms with E-state index in [1.54, 1.807) is 0 Å². The highest BCUT2D eigenvalue weighted by Crippen LogP contribution is 2.28. The van der Waals surface area contributed by atoms with Gasteiger partial charge in [0, 0.05) is 30.8 Å². The van der Waals surface area contributed by atoms with Crippen LogP contribution in [0.3, 0.4) is 0 Å². The highest BCUT2D eigenvalue weighted by molar-refractivity contribution is 6.03. The molecule has 0 radical (unpaired) electrons. The molecule has 19 heavy (non-hydrogen) atoms. The largest absolute Gasteiger partial charge is 0.366 e. The van der Waals surface area contributed by atoms with Gasteiger partial charge in [-0.1, -0.05) is 42.0 Å². The molecule has 96 valence electrons. The summed E-state index contributed by atoms with van der Waals surface area (Å²) in [4.78, 5) is 14.2. The fraction of sp³-hybridized carbons (Fsp3) is 0.235. The van der Waals surface area contributed by atoms with Crippen LogP contribution >= 0.6 is 0 Å². The van der Waals surface area contributed by atoms with Crippen molar-refractivity contribution in [1.82, 2.24) is 0 Å². The van der Waals surface area contributed by atoms with Crippen LogP contribution in [-0.4, -0.2) is 12.3 Å². The molecule has 0 aliphatic carbocycles. The molecule has 1 aliphatic heterocycles. The third-order valence-electron chi connectivity index (χ3n) is 3.65. The first-order chi connectivity index (χ1) is 9.24. The number of aryl methyl sites for hydroxylation is 1. The average molecular weight is 251 g/mol. The lowest BCUT2D eigenvalue weighted by atomic mass is 10.00. The van der Waals surface area contributed by atoms with Gasteiger partial charge in [-0.25, -0.2) is 0 Å². The number of hydrogen-bond acceptors (Lipinski definition) is 2. The van der Waals surface area contributed by atoms with Crippen molar-refractivity contribution >= 4 is 11.5 Å². The molecule has 0 amide bonds. The quantitative estimate of drug-likeness (QED) is 0.813. The van der Waals surface area contributed by atoms with Crippen LogP contribution in [0.1, 0.15) is 27.9 Å². The van der Waals surface area contributed by atoms with Crippen molar-refractivity contribution in [1.29, 1.82) is 0 Å².